The Morgan fingerprint density at radius 2 is 2.28 bits per heavy atom. The van der Waals surface area contributed by atoms with Crippen molar-refractivity contribution in [1.29, 1.82) is 0 Å². The molecule has 0 spiro atoms. The van der Waals surface area contributed by atoms with Crippen LogP contribution in [0.3, 0.4) is 0 Å². The molecule has 0 bridgehead atoms. The molecule has 1 aromatic carbocycles. The Bertz CT molecular complexity index is 430. The lowest BCUT2D eigenvalue weighted by atomic mass is 9.92. The first-order chi connectivity index (χ1) is 8.68. The largest absolute Gasteiger partial charge is 0.467 e. The lowest BCUT2D eigenvalue weighted by molar-refractivity contribution is -0.150. The van der Waals surface area contributed by atoms with Crippen LogP contribution in [-0.2, 0) is 14.3 Å². The second-order valence-corrected chi connectivity index (χ2v) is 5.19. The van der Waals surface area contributed by atoms with Crippen molar-refractivity contribution in [3.63, 3.8) is 0 Å². The number of benzene rings is 1. The molecule has 98 valence electrons. The minimum Gasteiger partial charge on any atom is -0.467 e. The Morgan fingerprint density at radius 1 is 1.50 bits per heavy atom. The molecule has 1 heterocycles. The van der Waals surface area contributed by atoms with Crippen LogP contribution in [0.2, 0.25) is 0 Å². The highest BCUT2D eigenvalue weighted by Crippen LogP contribution is 2.30. The number of para-hydroxylation sites is 1. The van der Waals surface area contributed by atoms with Crippen LogP contribution >= 0.6 is 15.9 Å². The molecule has 0 aliphatic carbocycles. The smallest absolute Gasteiger partial charge is 0.333 e. The standard InChI is InChI=1S/C13H16BrNO3/c1-17-12(16)13(7-4-8-18-9-13)15-11-6-3-2-5-10(11)14/h2-3,5-6,15H,4,7-9H2,1H3. The van der Waals surface area contributed by atoms with Crippen molar-refractivity contribution in [2.24, 2.45) is 0 Å². The predicted octanol–water partition coefficient (Wildman–Crippen LogP) is 2.58. The van der Waals surface area contributed by atoms with Gasteiger partial charge in [0, 0.05) is 16.8 Å². The van der Waals surface area contributed by atoms with Crippen LogP contribution in [0.4, 0.5) is 5.69 Å². The summed E-state index contributed by atoms with van der Waals surface area (Å²) in [5.74, 6) is -0.280. The summed E-state index contributed by atoms with van der Waals surface area (Å²) in [6.45, 7) is 1.03. The lowest BCUT2D eigenvalue weighted by Gasteiger charge is -2.36. The van der Waals surface area contributed by atoms with Gasteiger partial charge in [-0.05, 0) is 40.9 Å². The van der Waals surface area contributed by atoms with Crippen LogP contribution in [0, 0.1) is 0 Å². The minimum atomic E-state index is -0.781. The molecule has 18 heavy (non-hydrogen) atoms. The molecule has 1 atom stereocenters. The number of rotatable bonds is 3. The number of hydrogen-bond acceptors (Lipinski definition) is 4. The third-order valence-electron chi connectivity index (χ3n) is 3.06. The zero-order chi connectivity index (χ0) is 13.0. The van der Waals surface area contributed by atoms with Crippen LogP contribution in [0.15, 0.2) is 28.7 Å². The predicted molar refractivity (Wildman–Crippen MR) is 72.6 cm³/mol. The van der Waals surface area contributed by atoms with Crippen LogP contribution in [-0.4, -0.2) is 31.8 Å². The SMILES string of the molecule is COC(=O)C1(Nc2ccccc2Br)CCCOC1. The summed E-state index contributed by atoms with van der Waals surface area (Å²) >= 11 is 3.46. The summed E-state index contributed by atoms with van der Waals surface area (Å²) in [4.78, 5) is 12.0. The molecule has 0 radical (unpaired) electrons. The van der Waals surface area contributed by atoms with E-state index in [0.29, 0.717) is 19.6 Å². The van der Waals surface area contributed by atoms with Crippen molar-refractivity contribution in [2.45, 2.75) is 18.4 Å². The maximum atomic E-state index is 12.0. The van der Waals surface area contributed by atoms with Gasteiger partial charge in [-0.25, -0.2) is 4.79 Å². The van der Waals surface area contributed by atoms with Gasteiger partial charge in [-0.2, -0.15) is 0 Å². The normalized spacial score (nSPS) is 23.4. The topological polar surface area (TPSA) is 47.6 Å². The number of esters is 1. The van der Waals surface area contributed by atoms with E-state index in [1.165, 1.54) is 7.11 Å². The van der Waals surface area contributed by atoms with Crippen molar-refractivity contribution in [2.75, 3.05) is 25.6 Å². The third kappa shape index (κ3) is 2.67. The average molecular weight is 314 g/mol. The van der Waals surface area contributed by atoms with E-state index in [0.717, 1.165) is 16.6 Å². The average Bonchev–Trinajstić information content (AvgIpc) is 2.41. The Kier molecular flexibility index (Phi) is 4.24. The van der Waals surface area contributed by atoms with Crippen molar-refractivity contribution in [3.05, 3.63) is 28.7 Å². The maximum Gasteiger partial charge on any atom is 0.333 e. The first-order valence-electron chi connectivity index (χ1n) is 5.87. The summed E-state index contributed by atoms with van der Waals surface area (Å²) in [6, 6.07) is 7.69. The molecule has 2 rings (SSSR count). The molecule has 1 fully saturated rings. The lowest BCUT2D eigenvalue weighted by Crippen LogP contribution is -2.53. The van der Waals surface area contributed by atoms with Gasteiger partial charge in [0.05, 0.1) is 13.7 Å². The molecule has 1 N–H and O–H groups in total. The fourth-order valence-corrected chi connectivity index (χ4v) is 2.50. The summed E-state index contributed by atoms with van der Waals surface area (Å²) in [7, 11) is 1.40. The quantitative estimate of drug-likeness (QED) is 0.871. The maximum absolute atomic E-state index is 12.0. The molecule has 0 saturated carbocycles. The Balaban J connectivity index is 2.25. The van der Waals surface area contributed by atoms with Crippen LogP contribution in [0.5, 0.6) is 0 Å². The van der Waals surface area contributed by atoms with Crippen molar-refractivity contribution in [3.8, 4) is 0 Å². The monoisotopic (exact) mass is 313 g/mol. The van der Waals surface area contributed by atoms with Gasteiger partial charge in [0.1, 0.15) is 0 Å². The second kappa shape index (κ2) is 5.71. The first-order valence-corrected chi connectivity index (χ1v) is 6.66. The molecule has 0 aromatic heterocycles. The van der Waals surface area contributed by atoms with E-state index in [1.54, 1.807) is 0 Å². The third-order valence-corrected chi connectivity index (χ3v) is 3.76. The fourth-order valence-electron chi connectivity index (χ4n) is 2.12. The number of hydrogen-bond donors (Lipinski definition) is 1. The number of methoxy groups -OCH3 is 1. The first kappa shape index (κ1) is 13.4. The molecular formula is C13H16BrNO3. The number of carbonyl (C=O) groups is 1. The zero-order valence-corrected chi connectivity index (χ0v) is 11.8. The summed E-state index contributed by atoms with van der Waals surface area (Å²) < 4.78 is 11.3. The second-order valence-electron chi connectivity index (χ2n) is 4.33. The van der Waals surface area contributed by atoms with Crippen molar-refractivity contribution >= 4 is 27.6 Å². The molecule has 1 aromatic rings. The van der Waals surface area contributed by atoms with E-state index < -0.39 is 5.54 Å². The fraction of sp³-hybridized carbons (Fsp3) is 0.462. The Labute approximate surface area is 115 Å². The summed E-state index contributed by atoms with van der Waals surface area (Å²) in [5.41, 5.74) is 0.0880. The molecule has 1 saturated heterocycles. The molecule has 1 unspecified atom stereocenters. The van der Waals surface area contributed by atoms with Gasteiger partial charge in [-0.1, -0.05) is 12.1 Å². The van der Waals surface area contributed by atoms with E-state index in [2.05, 4.69) is 21.2 Å². The summed E-state index contributed by atoms with van der Waals surface area (Å²) in [6.07, 6.45) is 1.55. The van der Waals surface area contributed by atoms with Gasteiger partial charge in [0.15, 0.2) is 5.54 Å². The highest BCUT2D eigenvalue weighted by Gasteiger charge is 2.42. The van der Waals surface area contributed by atoms with E-state index in [9.17, 15) is 4.79 Å². The molecule has 5 heteroatoms. The van der Waals surface area contributed by atoms with Gasteiger partial charge in [-0.3, -0.25) is 0 Å². The van der Waals surface area contributed by atoms with E-state index in [-0.39, 0.29) is 5.97 Å². The van der Waals surface area contributed by atoms with E-state index in [1.807, 2.05) is 24.3 Å². The number of ether oxygens (including phenoxy) is 2. The van der Waals surface area contributed by atoms with Gasteiger partial charge >= 0.3 is 5.97 Å². The van der Waals surface area contributed by atoms with Crippen LogP contribution in [0.25, 0.3) is 0 Å². The van der Waals surface area contributed by atoms with Gasteiger partial charge in [0.2, 0.25) is 0 Å². The molecular weight excluding hydrogens is 298 g/mol. The zero-order valence-electron chi connectivity index (χ0n) is 10.2. The Morgan fingerprint density at radius 3 is 2.89 bits per heavy atom. The highest BCUT2D eigenvalue weighted by atomic mass is 79.9. The molecule has 1 aliphatic rings. The van der Waals surface area contributed by atoms with Crippen molar-refractivity contribution < 1.29 is 14.3 Å². The van der Waals surface area contributed by atoms with Gasteiger partial charge < -0.3 is 14.8 Å². The molecule has 0 amide bonds. The number of halogens is 1. The summed E-state index contributed by atoms with van der Waals surface area (Å²) in [5, 5.41) is 3.27. The molecule has 4 nitrogen and oxygen atoms in total. The number of anilines is 1. The Hall–Kier alpha value is -1.07. The van der Waals surface area contributed by atoms with Crippen LogP contribution < -0.4 is 5.32 Å². The molecule has 1 aliphatic heterocycles. The minimum absolute atomic E-state index is 0.280. The van der Waals surface area contributed by atoms with E-state index >= 15 is 0 Å². The van der Waals surface area contributed by atoms with E-state index in [4.69, 9.17) is 9.47 Å². The van der Waals surface area contributed by atoms with Gasteiger partial charge in [0.25, 0.3) is 0 Å². The number of carbonyl (C=O) groups excluding carboxylic acids is 1. The van der Waals surface area contributed by atoms with Crippen LogP contribution in [0.1, 0.15) is 12.8 Å². The van der Waals surface area contributed by atoms with Crippen molar-refractivity contribution in [1.82, 2.24) is 0 Å². The number of nitrogens with one attached hydrogen (secondary N) is 1. The highest BCUT2D eigenvalue weighted by molar-refractivity contribution is 9.10. The van der Waals surface area contributed by atoms with Gasteiger partial charge in [-0.15, -0.1) is 0 Å².